The third-order valence-corrected chi connectivity index (χ3v) is 4.77. The molecule has 0 unspecified atom stereocenters. The zero-order valence-corrected chi connectivity index (χ0v) is 15.1. The molecule has 0 spiro atoms. The van der Waals surface area contributed by atoms with Crippen LogP contribution in [0.15, 0.2) is 48.5 Å². The number of aromatic nitrogens is 1. The number of nitro groups is 1. The highest BCUT2D eigenvalue weighted by Crippen LogP contribution is 2.36. The molecule has 3 rings (SSSR count). The average Bonchev–Trinajstić information content (AvgIpc) is 3.03. The first kappa shape index (κ1) is 19.5. The smallest absolute Gasteiger partial charge is 0.315 e. The number of anilines is 1. The summed E-state index contributed by atoms with van der Waals surface area (Å²) in [4.78, 5) is 27.6. The van der Waals surface area contributed by atoms with Crippen LogP contribution in [0.25, 0.3) is 10.4 Å². The lowest BCUT2D eigenvalue weighted by atomic mass is 10.1. The van der Waals surface area contributed by atoms with E-state index in [9.17, 15) is 28.1 Å². The van der Waals surface area contributed by atoms with Gasteiger partial charge in [-0.3, -0.25) is 14.9 Å². The van der Waals surface area contributed by atoms with Gasteiger partial charge in [0.15, 0.2) is 0 Å². The van der Waals surface area contributed by atoms with Crippen LogP contribution in [0.4, 0.5) is 24.5 Å². The highest BCUT2D eigenvalue weighted by atomic mass is 32.1. The van der Waals surface area contributed by atoms with E-state index in [1.54, 1.807) is 31.2 Å². The SMILES string of the molecule is Cc1nc(C(=O)Nc2ccc(C(F)(F)F)cc2[N+](=O)[O-])c(-c2ccccc2)s1. The van der Waals surface area contributed by atoms with Crippen molar-refractivity contribution in [3.05, 3.63) is 74.9 Å². The van der Waals surface area contributed by atoms with E-state index in [-0.39, 0.29) is 11.4 Å². The molecule has 0 aliphatic carbocycles. The number of hydrogen-bond donors (Lipinski definition) is 1. The molecule has 0 saturated carbocycles. The van der Waals surface area contributed by atoms with Crippen LogP contribution < -0.4 is 5.32 Å². The Balaban J connectivity index is 1.98. The number of carbonyl (C=O) groups excluding carboxylic acids is 1. The maximum atomic E-state index is 12.8. The number of nitrogens with one attached hydrogen (secondary N) is 1. The Morgan fingerprint density at radius 2 is 1.86 bits per heavy atom. The van der Waals surface area contributed by atoms with Gasteiger partial charge in [-0.1, -0.05) is 30.3 Å². The van der Waals surface area contributed by atoms with E-state index in [0.717, 1.165) is 11.6 Å². The molecule has 0 aliphatic heterocycles. The molecule has 0 bridgehead atoms. The molecule has 0 saturated heterocycles. The van der Waals surface area contributed by atoms with Gasteiger partial charge in [0.2, 0.25) is 0 Å². The van der Waals surface area contributed by atoms with Crippen LogP contribution in [0.2, 0.25) is 0 Å². The van der Waals surface area contributed by atoms with E-state index in [4.69, 9.17) is 0 Å². The van der Waals surface area contributed by atoms with Crippen LogP contribution >= 0.6 is 11.3 Å². The minimum atomic E-state index is -4.74. The minimum Gasteiger partial charge on any atom is -0.315 e. The first-order valence-electron chi connectivity index (χ1n) is 7.86. The van der Waals surface area contributed by atoms with Gasteiger partial charge in [-0.05, 0) is 24.6 Å². The van der Waals surface area contributed by atoms with Crippen LogP contribution in [0.1, 0.15) is 21.1 Å². The molecule has 1 heterocycles. The van der Waals surface area contributed by atoms with Crippen molar-refractivity contribution in [3.63, 3.8) is 0 Å². The average molecular weight is 407 g/mol. The second kappa shape index (κ2) is 7.39. The lowest BCUT2D eigenvalue weighted by Gasteiger charge is -2.10. The van der Waals surface area contributed by atoms with Gasteiger partial charge in [-0.25, -0.2) is 4.98 Å². The van der Waals surface area contributed by atoms with E-state index in [0.29, 0.717) is 22.0 Å². The fourth-order valence-electron chi connectivity index (χ4n) is 2.51. The van der Waals surface area contributed by atoms with Crippen molar-refractivity contribution in [2.45, 2.75) is 13.1 Å². The van der Waals surface area contributed by atoms with Crippen molar-refractivity contribution in [1.82, 2.24) is 4.98 Å². The zero-order valence-electron chi connectivity index (χ0n) is 14.3. The van der Waals surface area contributed by atoms with Gasteiger partial charge in [0, 0.05) is 6.07 Å². The van der Waals surface area contributed by atoms with Gasteiger partial charge >= 0.3 is 6.18 Å². The first-order valence-corrected chi connectivity index (χ1v) is 8.68. The topological polar surface area (TPSA) is 85.1 Å². The highest BCUT2D eigenvalue weighted by molar-refractivity contribution is 7.15. The summed E-state index contributed by atoms with van der Waals surface area (Å²) in [5.74, 6) is -0.744. The molecule has 1 aromatic heterocycles. The van der Waals surface area contributed by atoms with Gasteiger partial charge in [-0.15, -0.1) is 11.3 Å². The fraction of sp³-hybridized carbons (Fsp3) is 0.111. The predicted molar refractivity (Wildman–Crippen MR) is 98.3 cm³/mol. The number of nitro benzene ring substituents is 1. The Labute approximate surface area is 160 Å². The van der Waals surface area contributed by atoms with Crippen LogP contribution in [-0.4, -0.2) is 15.8 Å². The van der Waals surface area contributed by atoms with E-state index in [1.807, 2.05) is 6.07 Å². The highest BCUT2D eigenvalue weighted by Gasteiger charge is 2.33. The van der Waals surface area contributed by atoms with Gasteiger partial charge in [0.05, 0.1) is 20.4 Å². The largest absolute Gasteiger partial charge is 0.416 e. The van der Waals surface area contributed by atoms with Crippen molar-refractivity contribution in [1.29, 1.82) is 0 Å². The summed E-state index contributed by atoms with van der Waals surface area (Å²) in [7, 11) is 0. The fourth-order valence-corrected chi connectivity index (χ4v) is 3.43. The van der Waals surface area contributed by atoms with Crippen molar-refractivity contribution in [2.75, 3.05) is 5.32 Å². The number of halogens is 3. The van der Waals surface area contributed by atoms with Gasteiger partial charge in [0.1, 0.15) is 11.4 Å². The van der Waals surface area contributed by atoms with Gasteiger partial charge in [0.25, 0.3) is 11.6 Å². The number of amides is 1. The molecule has 1 N–H and O–H groups in total. The molecule has 0 radical (unpaired) electrons. The molecule has 0 fully saturated rings. The van der Waals surface area contributed by atoms with E-state index >= 15 is 0 Å². The van der Waals surface area contributed by atoms with E-state index in [2.05, 4.69) is 10.3 Å². The van der Waals surface area contributed by atoms with Crippen LogP contribution in [-0.2, 0) is 6.18 Å². The number of carbonyl (C=O) groups is 1. The maximum absolute atomic E-state index is 12.8. The van der Waals surface area contributed by atoms with Crippen LogP contribution in [0, 0.1) is 17.0 Å². The van der Waals surface area contributed by atoms with Crippen LogP contribution in [0.3, 0.4) is 0 Å². The minimum absolute atomic E-state index is 0.0443. The standard InChI is InChI=1S/C18H12F3N3O3S/c1-10-22-15(16(28-10)11-5-3-2-4-6-11)17(25)23-13-8-7-12(18(19,20)21)9-14(13)24(26)27/h2-9H,1H3,(H,23,25). The molecular weight excluding hydrogens is 395 g/mol. The second-order valence-electron chi connectivity index (χ2n) is 5.72. The van der Waals surface area contributed by atoms with Crippen LogP contribution in [0.5, 0.6) is 0 Å². The Kier molecular flexibility index (Phi) is 5.14. The number of alkyl halides is 3. The molecular formula is C18H12F3N3O3S. The number of thiazole rings is 1. The summed E-state index contributed by atoms with van der Waals surface area (Å²) >= 11 is 1.27. The third-order valence-electron chi connectivity index (χ3n) is 3.76. The van der Waals surface area contributed by atoms with Crippen molar-refractivity contribution in [2.24, 2.45) is 0 Å². The van der Waals surface area contributed by atoms with E-state index < -0.39 is 28.3 Å². The lowest BCUT2D eigenvalue weighted by molar-refractivity contribution is -0.384. The molecule has 28 heavy (non-hydrogen) atoms. The Hall–Kier alpha value is -3.27. The van der Waals surface area contributed by atoms with Crippen molar-refractivity contribution in [3.8, 4) is 10.4 Å². The maximum Gasteiger partial charge on any atom is 0.416 e. The summed E-state index contributed by atoms with van der Waals surface area (Å²) in [5, 5.41) is 14.1. The zero-order chi connectivity index (χ0) is 20.5. The molecule has 10 heteroatoms. The normalized spacial score (nSPS) is 11.3. The summed E-state index contributed by atoms with van der Waals surface area (Å²) in [5.41, 5.74) is -1.58. The third kappa shape index (κ3) is 4.01. The number of benzene rings is 2. The summed E-state index contributed by atoms with van der Waals surface area (Å²) < 4.78 is 38.4. The Bertz CT molecular complexity index is 1050. The van der Waals surface area contributed by atoms with Gasteiger partial charge < -0.3 is 5.32 Å². The molecule has 144 valence electrons. The molecule has 1 amide bonds. The Morgan fingerprint density at radius 3 is 2.46 bits per heavy atom. The second-order valence-corrected chi connectivity index (χ2v) is 6.92. The monoisotopic (exact) mass is 407 g/mol. The lowest BCUT2D eigenvalue weighted by Crippen LogP contribution is -2.15. The van der Waals surface area contributed by atoms with E-state index in [1.165, 1.54) is 11.3 Å². The summed E-state index contributed by atoms with van der Waals surface area (Å²) in [6.07, 6.45) is -4.74. The molecule has 3 aromatic rings. The quantitative estimate of drug-likeness (QED) is 0.470. The summed E-state index contributed by atoms with van der Waals surface area (Å²) in [6, 6.07) is 10.9. The van der Waals surface area contributed by atoms with Crippen molar-refractivity contribution >= 4 is 28.6 Å². The number of aryl methyl sites for hydroxylation is 1. The summed E-state index contributed by atoms with van der Waals surface area (Å²) in [6.45, 7) is 1.70. The Morgan fingerprint density at radius 1 is 1.18 bits per heavy atom. The molecule has 0 aliphatic rings. The first-order chi connectivity index (χ1) is 13.2. The predicted octanol–water partition coefficient (Wildman–Crippen LogP) is 5.30. The molecule has 2 aromatic carbocycles. The molecule has 0 atom stereocenters. The molecule has 6 nitrogen and oxygen atoms in total. The number of hydrogen-bond acceptors (Lipinski definition) is 5. The van der Waals surface area contributed by atoms with Gasteiger partial charge in [-0.2, -0.15) is 13.2 Å². The number of rotatable bonds is 4. The van der Waals surface area contributed by atoms with Crippen molar-refractivity contribution < 1.29 is 22.9 Å². The number of nitrogens with zero attached hydrogens (tertiary/aromatic N) is 2.